The lowest BCUT2D eigenvalue weighted by atomic mass is 10.0. The van der Waals surface area contributed by atoms with E-state index in [4.69, 9.17) is 10.5 Å². The maximum atomic E-state index is 12.0. The van der Waals surface area contributed by atoms with Crippen LogP contribution in [0.3, 0.4) is 0 Å². The van der Waals surface area contributed by atoms with E-state index in [1.165, 1.54) is 0 Å². The van der Waals surface area contributed by atoms with Crippen molar-refractivity contribution in [3.63, 3.8) is 0 Å². The van der Waals surface area contributed by atoms with Crippen molar-refractivity contribution in [1.82, 2.24) is 4.57 Å². The van der Waals surface area contributed by atoms with Crippen molar-refractivity contribution >= 4 is 0 Å². The molecule has 0 saturated heterocycles. The van der Waals surface area contributed by atoms with E-state index >= 15 is 0 Å². The number of hydrogen-bond acceptors (Lipinski definition) is 3. The summed E-state index contributed by atoms with van der Waals surface area (Å²) in [5.74, 6) is 0.768. The number of nitrogens with zero attached hydrogens (tertiary/aromatic N) is 1. The van der Waals surface area contributed by atoms with Gasteiger partial charge in [-0.15, -0.1) is 0 Å². The Bertz CT molecular complexity index is 660. The predicted octanol–water partition coefficient (Wildman–Crippen LogP) is 2.23. The van der Waals surface area contributed by atoms with Gasteiger partial charge in [-0.3, -0.25) is 4.79 Å². The van der Waals surface area contributed by atoms with Crippen molar-refractivity contribution in [2.24, 2.45) is 5.73 Å². The van der Waals surface area contributed by atoms with E-state index in [0.717, 1.165) is 22.6 Å². The molecule has 0 aliphatic heterocycles. The fourth-order valence-corrected chi connectivity index (χ4v) is 2.20. The third-order valence-corrected chi connectivity index (χ3v) is 3.43. The highest BCUT2D eigenvalue weighted by atomic mass is 16.5. The standard InChI is InChI=1S/C16H20N2O2/c1-11-5-4-6-16(19)18(11)10-14-9-13(12(2)17)7-8-15(14)20-3/h4-9,12H,10,17H2,1-3H3. The van der Waals surface area contributed by atoms with Crippen molar-refractivity contribution in [2.75, 3.05) is 7.11 Å². The quantitative estimate of drug-likeness (QED) is 0.928. The van der Waals surface area contributed by atoms with Gasteiger partial charge in [-0.1, -0.05) is 12.1 Å². The van der Waals surface area contributed by atoms with E-state index < -0.39 is 0 Å². The molecule has 2 N–H and O–H groups in total. The molecule has 0 amide bonds. The van der Waals surface area contributed by atoms with Crippen molar-refractivity contribution in [2.45, 2.75) is 26.4 Å². The molecule has 1 unspecified atom stereocenters. The number of methoxy groups -OCH3 is 1. The monoisotopic (exact) mass is 272 g/mol. The highest BCUT2D eigenvalue weighted by molar-refractivity contribution is 5.38. The van der Waals surface area contributed by atoms with Crippen molar-refractivity contribution < 1.29 is 4.74 Å². The molecular weight excluding hydrogens is 252 g/mol. The Morgan fingerprint density at radius 3 is 2.65 bits per heavy atom. The molecule has 0 spiro atoms. The second kappa shape index (κ2) is 5.92. The Balaban J connectivity index is 2.46. The van der Waals surface area contributed by atoms with E-state index in [1.54, 1.807) is 23.8 Å². The molecule has 1 aromatic carbocycles. The first kappa shape index (κ1) is 14.3. The highest BCUT2D eigenvalue weighted by Gasteiger charge is 2.09. The summed E-state index contributed by atoms with van der Waals surface area (Å²) in [5.41, 5.74) is 8.81. The lowest BCUT2D eigenvalue weighted by Gasteiger charge is -2.15. The number of ether oxygens (including phenoxy) is 1. The van der Waals surface area contributed by atoms with Gasteiger partial charge in [-0.2, -0.15) is 0 Å². The average molecular weight is 272 g/mol. The molecule has 1 aromatic heterocycles. The van der Waals surface area contributed by atoms with Gasteiger partial charge in [-0.05, 0) is 37.6 Å². The van der Waals surface area contributed by atoms with Crippen LogP contribution >= 0.6 is 0 Å². The Labute approximate surface area is 118 Å². The Morgan fingerprint density at radius 2 is 2.05 bits per heavy atom. The maximum Gasteiger partial charge on any atom is 0.251 e. The second-order valence-electron chi connectivity index (χ2n) is 4.95. The van der Waals surface area contributed by atoms with Crippen LogP contribution in [0, 0.1) is 6.92 Å². The van der Waals surface area contributed by atoms with Crippen LogP contribution in [-0.2, 0) is 6.54 Å². The molecule has 0 radical (unpaired) electrons. The topological polar surface area (TPSA) is 57.2 Å². The van der Waals surface area contributed by atoms with Gasteiger partial charge in [0.05, 0.1) is 13.7 Å². The summed E-state index contributed by atoms with van der Waals surface area (Å²) < 4.78 is 7.10. The molecule has 4 heteroatoms. The summed E-state index contributed by atoms with van der Waals surface area (Å²) >= 11 is 0. The number of pyridine rings is 1. The van der Waals surface area contributed by atoms with Gasteiger partial charge >= 0.3 is 0 Å². The van der Waals surface area contributed by atoms with Crippen LogP contribution in [0.5, 0.6) is 5.75 Å². The summed E-state index contributed by atoms with van der Waals surface area (Å²) in [5, 5.41) is 0. The van der Waals surface area contributed by atoms with Crippen LogP contribution in [0.2, 0.25) is 0 Å². The summed E-state index contributed by atoms with van der Waals surface area (Å²) in [6.45, 7) is 4.34. The minimum Gasteiger partial charge on any atom is -0.496 e. The molecular formula is C16H20N2O2. The molecule has 0 bridgehead atoms. The third kappa shape index (κ3) is 2.91. The van der Waals surface area contributed by atoms with Gasteiger partial charge < -0.3 is 15.0 Å². The van der Waals surface area contributed by atoms with Crippen LogP contribution in [-0.4, -0.2) is 11.7 Å². The van der Waals surface area contributed by atoms with E-state index in [0.29, 0.717) is 6.54 Å². The normalized spacial score (nSPS) is 12.2. The molecule has 0 aliphatic carbocycles. The van der Waals surface area contributed by atoms with Gasteiger partial charge in [0.2, 0.25) is 0 Å². The largest absolute Gasteiger partial charge is 0.496 e. The molecule has 20 heavy (non-hydrogen) atoms. The SMILES string of the molecule is COc1ccc(C(C)N)cc1Cn1c(C)cccc1=O. The zero-order valence-electron chi connectivity index (χ0n) is 12.1. The van der Waals surface area contributed by atoms with Crippen molar-refractivity contribution in [3.05, 3.63) is 63.6 Å². The second-order valence-corrected chi connectivity index (χ2v) is 4.95. The molecule has 0 saturated carbocycles. The number of aromatic nitrogens is 1. The molecule has 0 fully saturated rings. The Kier molecular flexibility index (Phi) is 4.25. The lowest BCUT2D eigenvalue weighted by Crippen LogP contribution is -2.22. The first-order valence-corrected chi connectivity index (χ1v) is 6.61. The number of aryl methyl sites for hydroxylation is 1. The van der Waals surface area contributed by atoms with E-state index in [2.05, 4.69) is 0 Å². The van der Waals surface area contributed by atoms with Crippen molar-refractivity contribution in [1.29, 1.82) is 0 Å². The maximum absolute atomic E-state index is 12.0. The third-order valence-electron chi connectivity index (χ3n) is 3.43. The minimum atomic E-state index is -0.0479. The van der Waals surface area contributed by atoms with Gasteiger partial charge in [0.15, 0.2) is 0 Å². The average Bonchev–Trinajstić information content (AvgIpc) is 2.42. The lowest BCUT2D eigenvalue weighted by molar-refractivity contribution is 0.407. The summed E-state index contributed by atoms with van der Waals surface area (Å²) in [4.78, 5) is 12.0. The molecule has 1 atom stereocenters. The molecule has 2 aromatic rings. The Hall–Kier alpha value is -2.07. The van der Waals surface area contributed by atoms with Crippen LogP contribution in [0.1, 0.15) is 29.8 Å². The fourth-order valence-electron chi connectivity index (χ4n) is 2.20. The smallest absolute Gasteiger partial charge is 0.251 e. The van der Waals surface area contributed by atoms with E-state index in [9.17, 15) is 4.79 Å². The van der Waals surface area contributed by atoms with Crippen LogP contribution in [0.4, 0.5) is 0 Å². The first-order valence-electron chi connectivity index (χ1n) is 6.61. The summed E-state index contributed by atoms with van der Waals surface area (Å²) in [6.07, 6.45) is 0. The number of nitrogens with two attached hydrogens (primary N) is 1. The predicted molar refractivity (Wildman–Crippen MR) is 80.1 cm³/mol. The van der Waals surface area contributed by atoms with Crippen LogP contribution in [0.25, 0.3) is 0 Å². The first-order chi connectivity index (χ1) is 9.52. The summed E-state index contributed by atoms with van der Waals surface area (Å²) in [6, 6.07) is 11.1. The number of hydrogen-bond donors (Lipinski definition) is 1. The fraction of sp³-hybridized carbons (Fsp3) is 0.312. The van der Waals surface area contributed by atoms with Gasteiger partial charge in [0.1, 0.15) is 5.75 Å². The van der Waals surface area contributed by atoms with Gasteiger partial charge in [0, 0.05) is 23.4 Å². The minimum absolute atomic E-state index is 0.0155. The van der Waals surface area contributed by atoms with E-state index in [-0.39, 0.29) is 11.6 Å². The molecule has 106 valence electrons. The van der Waals surface area contributed by atoms with Crippen LogP contribution in [0.15, 0.2) is 41.2 Å². The summed E-state index contributed by atoms with van der Waals surface area (Å²) in [7, 11) is 1.63. The number of rotatable bonds is 4. The van der Waals surface area contributed by atoms with Gasteiger partial charge in [0.25, 0.3) is 5.56 Å². The van der Waals surface area contributed by atoms with Gasteiger partial charge in [-0.25, -0.2) is 0 Å². The molecule has 1 heterocycles. The molecule has 2 rings (SSSR count). The number of benzene rings is 1. The Morgan fingerprint density at radius 1 is 1.30 bits per heavy atom. The van der Waals surface area contributed by atoms with E-state index in [1.807, 2.05) is 38.1 Å². The molecule has 0 aliphatic rings. The van der Waals surface area contributed by atoms with Crippen LogP contribution < -0.4 is 16.0 Å². The molecule has 4 nitrogen and oxygen atoms in total. The zero-order valence-corrected chi connectivity index (χ0v) is 12.1. The van der Waals surface area contributed by atoms with Crippen molar-refractivity contribution in [3.8, 4) is 5.75 Å². The highest BCUT2D eigenvalue weighted by Crippen LogP contribution is 2.23. The zero-order chi connectivity index (χ0) is 14.7.